The molecule has 4 heteroatoms. The topological polar surface area (TPSA) is 47.6 Å². The number of nitrogens with one attached hydrogen (secondary N) is 1. The molecule has 1 atom stereocenters. The van der Waals surface area contributed by atoms with E-state index in [0.717, 1.165) is 5.75 Å². The monoisotopic (exact) mass is 307 g/mol. The molecule has 1 amide bonds. The molecule has 1 unspecified atom stereocenters. The third-order valence-electron chi connectivity index (χ3n) is 3.73. The molecule has 1 aromatic rings. The summed E-state index contributed by atoms with van der Waals surface area (Å²) in [5.41, 5.74) is 0. The minimum absolute atomic E-state index is 0.0577. The fraction of sp³-hybridized carbons (Fsp3) is 0.611. The Kier molecular flexibility index (Phi) is 7.22. The zero-order chi connectivity index (χ0) is 16.7. The number of hydrogen-bond donors (Lipinski definition) is 1. The van der Waals surface area contributed by atoms with Crippen LogP contribution < -0.4 is 14.8 Å². The summed E-state index contributed by atoms with van der Waals surface area (Å²) in [5, 5.41) is 3.12. The first-order chi connectivity index (χ1) is 10.4. The molecule has 0 heterocycles. The maximum absolute atomic E-state index is 12.5. The SMILES string of the molecule is CCC(Oc1cccc(OC)c1)C(=O)NC(C(C)C)C(C)C. The predicted octanol–water partition coefficient (Wildman–Crippen LogP) is 3.65. The lowest BCUT2D eigenvalue weighted by atomic mass is 9.93. The van der Waals surface area contributed by atoms with Gasteiger partial charge < -0.3 is 14.8 Å². The van der Waals surface area contributed by atoms with Gasteiger partial charge in [-0.1, -0.05) is 40.7 Å². The molecular formula is C18H29NO3. The number of amides is 1. The van der Waals surface area contributed by atoms with E-state index in [2.05, 4.69) is 33.0 Å². The van der Waals surface area contributed by atoms with Gasteiger partial charge in [-0.3, -0.25) is 4.79 Å². The Balaban J connectivity index is 2.75. The minimum atomic E-state index is -0.493. The zero-order valence-corrected chi connectivity index (χ0v) is 14.6. The summed E-state index contributed by atoms with van der Waals surface area (Å²) >= 11 is 0. The van der Waals surface area contributed by atoms with Gasteiger partial charge in [0.1, 0.15) is 11.5 Å². The van der Waals surface area contributed by atoms with Crippen molar-refractivity contribution in [2.45, 2.75) is 53.2 Å². The molecular weight excluding hydrogens is 278 g/mol. The maximum Gasteiger partial charge on any atom is 0.261 e. The molecule has 0 bridgehead atoms. The molecule has 124 valence electrons. The molecule has 0 aliphatic carbocycles. The van der Waals surface area contributed by atoms with E-state index in [-0.39, 0.29) is 11.9 Å². The van der Waals surface area contributed by atoms with Crippen LogP contribution in [0.25, 0.3) is 0 Å². The summed E-state index contributed by atoms with van der Waals surface area (Å²) in [6, 6.07) is 7.47. The van der Waals surface area contributed by atoms with Gasteiger partial charge in [0, 0.05) is 12.1 Å². The smallest absolute Gasteiger partial charge is 0.261 e. The van der Waals surface area contributed by atoms with Gasteiger partial charge in [-0.25, -0.2) is 0 Å². The van der Waals surface area contributed by atoms with Gasteiger partial charge in [-0.05, 0) is 30.4 Å². The Morgan fingerprint density at radius 1 is 1.14 bits per heavy atom. The highest BCUT2D eigenvalue weighted by Crippen LogP contribution is 2.21. The van der Waals surface area contributed by atoms with Crippen molar-refractivity contribution in [3.63, 3.8) is 0 Å². The van der Waals surface area contributed by atoms with Gasteiger partial charge in [0.05, 0.1) is 7.11 Å². The first-order valence-electron chi connectivity index (χ1n) is 8.00. The number of benzene rings is 1. The Bertz CT molecular complexity index is 463. The molecule has 0 spiro atoms. The number of methoxy groups -OCH3 is 1. The van der Waals surface area contributed by atoms with Crippen LogP contribution >= 0.6 is 0 Å². The van der Waals surface area contributed by atoms with Gasteiger partial charge in [-0.15, -0.1) is 0 Å². The average Bonchev–Trinajstić information content (AvgIpc) is 2.49. The molecule has 1 rings (SSSR count). The van der Waals surface area contributed by atoms with Crippen molar-refractivity contribution < 1.29 is 14.3 Å². The first kappa shape index (κ1) is 18.3. The maximum atomic E-state index is 12.5. The van der Waals surface area contributed by atoms with E-state index < -0.39 is 6.10 Å². The van der Waals surface area contributed by atoms with E-state index in [9.17, 15) is 4.79 Å². The molecule has 1 aromatic carbocycles. The number of carbonyl (C=O) groups is 1. The third kappa shape index (κ3) is 5.24. The quantitative estimate of drug-likeness (QED) is 0.797. The lowest BCUT2D eigenvalue weighted by molar-refractivity contribution is -0.129. The number of ether oxygens (including phenoxy) is 2. The van der Waals surface area contributed by atoms with Crippen LogP contribution in [0.4, 0.5) is 0 Å². The van der Waals surface area contributed by atoms with Gasteiger partial charge in [0.15, 0.2) is 6.10 Å². The summed E-state index contributed by atoms with van der Waals surface area (Å²) < 4.78 is 11.0. The van der Waals surface area contributed by atoms with Crippen LogP contribution in [0.15, 0.2) is 24.3 Å². The standard InChI is InChI=1S/C18H29NO3/c1-7-16(18(20)19-17(12(2)3)13(4)5)22-15-10-8-9-14(11-15)21-6/h8-13,16-17H,7H2,1-6H3,(H,19,20). The van der Waals surface area contributed by atoms with Gasteiger partial charge in [-0.2, -0.15) is 0 Å². The number of rotatable bonds is 8. The van der Waals surface area contributed by atoms with E-state index in [4.69, 9.17) is 9.47 Å². The number of carbonyl (C=O) groups excluding carboxylic acids is 1. The van der Waals surface area contributed by atoms with Crippen molar-refractivity contribution in [2.75, 3.05) is 7.11 Å². The lowest BCUT2D eigenvalue weighted by Crippen LogP contribution is -2.48. The molecule has 0 aliphatic rings. The van der Waals surface area contributed by atoms with Crippen LogP contribution in [-0.4, -0.2) is 25.2 Å². The van der Waals surface area contributed by atoms with Gasteiger partial charge in [0.25, 0.3) is 5.91 Å². The molecule has 0 saturated carbocycles. The molecule has 4 nitrogen and oxygen atoms in total. The Hall–Kier alpha value is -1.71. The van der Waals surface area contributed by atoms with Gasteiger partial charge in [0.2, 0.25) is 0 Å². The van der Waals surface area contributed by atoms with E-state index in [1.165, 1.54) is 0 Å². The summed E-state index contributed by atoms with van der Waals surface area (Å²) in [6.45, 7) is 10.4. The molecule has 0 radical (unpaired) electrons. The minimum Gasteiger partial charge on any atom is -0.497 e. The van der Waals surface area contributed by atoms with Crippen LogP contribution in [0.2, 0.25) is 0 Å². The molecule has 0 fully saturated rings. The second-order valence-corrected chi connectivity index (χ2v) is 6.22. The average molecular weight is 307 g/mol. The van der Waals surface area contributed by atoms with Crippen molar-refractivity contribution in [1.29, 1.82) is 0 Å². The third-order valence-corrected chi connectivity index (χ3v) is 3.73. The van der Waals surface area contributed by atoms with Crippen molar-refractivity contribution in [3.05, 3.63) is 24.3 Å². The molecule has 22 heavy (non-hydrogen) atoms. The summed E-state index contributed by atoms with van der Waals surface area (Å²) in [5.74, 6) is 2.08. The zero-order valence-electron chi connectivity index (χ0n) is 14.6. The molecule has 0 aromatic heterocycles. The fourth-order valence-electron chi connectivity index (χ4n) is 2.52. The Morgan fingerprint density at radius 2 is 1.73 bits per heavy atom. The van der Waals surface area contributed by atoms with Crippen LogP contribution in [-0.2, 0) is 4.79 Å². The van der Waals surface area contributed by atoms with Crippen LogP contribution in [0, 0.1) is 11.8 Å². The van der Waals surface area contributed by atoms with Crippen molar-refractivity contribution in [2.24, 2.45) is 11.8 Å². The highest BCUT2D eigenvalue weighted by Gasteiger charge is 2.25. The van der Waals surface area contributed by atoms with Crippen molar-refractivity contribution >= 4 is 5.91 Å². The fourth-order valence-corrected chi connectivity index (χ4v) is 2.52. The second kappa shape index (κ2) is 8.66. The first-order valence-corrected chi connectivity index (χ1v) is 8.00. The van der Waals surface area contributed by atoms with Crippen LogP contribution in [0.3, 0.4) is 0 Å². The molecule has 0 saturated heterocycles. The summed E-state index contributed by atoms with van der Waals surface area (Å²) in [4.78, 5) is 12.5. The van der Waals surface area contributed by atoms with Crippen molar-refractivity contribution in [3.8, 4) is 11.5 Å². The van der Waals surface area contributed by atoms with E-state index in [0.29, 0.717) is 24.0 Å². The predicted molar refractivity (Wildman–Crippen MR) is 89.3 cm³/mol. The Morgan fingerprint density at radius 3 is 2.23 bits per heavy atom. The molecule has 0 aliphatic heterocycles. The van der Waals surface area contributed by atoms with Crippen LogP contribution in [0.1, 0.15) is 41.0 Å². The largest absolute Gasteiger partial charge is 0.497 e. The second-order valence-electron chi connectivity index (χ2n) is 6.22. The van der Waals surface area contributed by atoms with Crippen LogP contribution in [0.5, 0.6) is 11.5 Å². The Labute approximate surface area is 134 Å². The van der Waals surface area contributed by atoms with E-state index >= 15 is 0 Å². The number of hydrogen-bond acceptors (Lipinski definition) is 3. The summed E-state index contributed by atoms with van der Waals surface area (Å²) in [7, 11) is 1.61. The van der Waals surface area contributed by atoms with E-state index in [1.54, 1.807) is 13.2 Å². The highest BCUT2D eigenvalue weighted by molar-refractivity contribution is 5.81. The molecule has 1 N–H and O–H groups in total. The van der Waals surface area contributed by atoms with Gasteiger partial charge >= 0.3 is 0 Å². The lowest BCUT2D eigenvalue weighted by Gasteiger charge is -2.28. The normalized spacial score (nSPS) is 12.6. The van der Waals surface area contributed by atoms with Crippen molar-refractivity contribution in [1.82, 2.24) is 5.32 Å². The van der Waals surface area contributed by atoms with E-state index in [1.807, 2.05) is 25.1 Å². The highest BCUT2D eigenvalue weighted by atomic mass is 16.5. The summed E-state index contributed by atoms with van der Waals surface area (Å²) in [6.07, 6.45) is 0.124.